The Morgan fingerprint density at radius 3 is 2.47 bits per heavy atom. The first-order valence-electron chi connectivity index (χ1n) is 11.5. The Labute approximate surface area is 199 Å². The number of para-hydroxylation sites is 1. The van der Waals surface area contributed by atoms with Crippen molar-refractivity contribution in [3.05, 3.63) is 76.1 Å². The lowest BCUT2D eigenvalue weighted by Crippen LogP contribution is -2.40. The van der Waals surface area contributed by atoms with Crippen molar-refractivity contribution in [1.82, 2.24) is 14.5 Å². The number of aromatic nitrogens is 2. The minimum atomic E-state index is -0.418. The first-order chi connectivity index (χ1) is 16.5. The van der Waals surface area contributed by atoms with Crippen molar-refractivity contribution in [1.29, 1.82) is 0 Å². The number of hydrogen-bond acceptors (Lipinski definition) is 5. The van der Waals surface area contributed by atoms with Crippen LogP contribution in [0, 0.1) is 5.82 Å². The van der Waals surface area contributed by atoms with Crippen LogP contribution >= 0.6 is 0 Å². The summed E-state index contributed by atoms with van der Waals surface area (Å²) in [4.78, 5) is 33.5. The molecule has 0 spiro atoms. The molecule has 3 rings (SSSR count). The topological polar surface area (TPSA) is 73.7 Å². The van der Waals surface area contributed by atoms with E-state index in [9.17, 15) is 14.0 Å². The van der Waals surface area contributed by atoms with Gasteiger partial charge in [-0.05, 0) is 42.7 Å². The molecule has 0 aliphatic carbocycles. The number of amides is 1. The Bertz CT molecular complexity index is 1150. The van der Waals surface area contributed by atoms with Crippen molar-refractivity contribution in [2.45, 2.75) is 38.8 Å². The fraction of sp³-hybridized carbons (Fsp3) is 0.423. The van der Waals surface area contributed by atoms with E-state index in [2.05, 4.69) is 0 Å². The van der Waals surface area contributed by atoms with Crippen molar-refractivity contribution in [3.8, 4) is 0 Å². The van der Waals surface area contributed by atoms with Crippen LogP contribution in [0.1, 0.15) is 37.2 Å². The molecule has 0 aliphatic rings. The van der Waals surface area contributed by atoms with Crippen LogP contribution < -0.4 is 5.56 Å². The number of methoxy groups -OCH3 is 2. The minimum Gasteiger partial charge on any atom is -0.385 e. The summed E-state index contributed by atoms with van der Waals surface area (Å²) in [5.74, 6) is 0.0745. The summed E-state index contributed by atoms with van der Waals surface area (Å²) in [5, 5.41) is 0.528. The normalized spacial score (nSPS) is 12.1. The molecule has 1 amide bonds. The second-order valence-corrected chi connectivity index (χ2v) is 8.10. The Hall–Kier alpha value is -3.10. The van der Waals surface area contributed by atoms with Crippen LogP contribution in [-0.4, -0.2) is 54.3 Å². The van der Waals surface area contributed by atoms with Crippen molar-refractivity contribution < 1.29 is 18.7 Å². The van der Waals surface area contributed by atoms with Crippen LogP contribution in [0.25, 0.3) is 10.9 Å². The standard InChI is InChI=1S/C26H32FN3O4/c1-4-23(25-28-22-9-6-5-8-21(22)26(32)30(25)15-17-34-3)29(14-7-16-33-2)24(31)18-19-10-12-20(27)13-11-19/h5-6,8-13,23H,4,7,14-18H2,1-3H3. The number of carbonyl (C=O) groups is 1. The third-order valence-corrected chi connectivity index (χ3v) is 5.81. The SMILES string of the molecule is CCC(c1nc2ccccc2c(=O)n1CCOC)N(CCCOC)C(=O)Cc1ccc(F)cc1. The van der Waals surface area contributed by atoms with E-state index in [0.717, 1.165) is 5.56 Å². The molecule has 0 aliphatic heterocycles. The highest BCUT2D eigenvalue weighted by Crippen LogP contribution is 2.25. The molecule has 0 radical (unpaired) electrons. The number of halogens is 1. The van der Waals surface area contributed by atoms with Crippen LogP contribution in [0.4, 0.5) is 4.39 Å². The zero-order valence-corrected chi connectivity index (χ0v) is 20.0. The van der Waals surface area contributed by atoms with Gasteiger partial charge in [0.25, 0.3) is 5.56 Å². The smallest absolute Gasteiger partial charge is 0.261 e. The van der Waals surface area contributed by atoms with E-state index in [4.69, 9.17) is 14.5 Å². The fourth-order valence-corrected chi connectivity index (χ4v) is 4.09. The van der Waals surface area contributed by atoms with Crippen LogP contribution in [0.2, 0.25) is 0 Å². The predicted octanol–water partition coefficient (Wildman–Crippen LogP) is 3.74. The van der Waals surface area contributed by atoms with Gasteiger partial charge in [-0.1, -0.05) is 31.2 Å². The summed E-state index contributed by atoms with van der Waals surface area (Å²) < 4.78 is 25.4. The molecule has 0 fully saturated rings. The number of ether oxygens (including phenoxy) is 2. The van der Waals surface area contributed by atoms with E-state index >= 15 is 0 Å². The van der Waals surface area contributed by atoms with Gasteiger partial charge in [0.05, 0.1) is 36.5 Å². The second kappa shape index (κ2) is 12.4. The summed E-state index contributed by atoms with van der Waals surface area (Å²) in [5.41, 5.74) is 1.16. The monoisotopic (exact) mass is 469 g/mol. The minimum absolute atomic E-state index is 0.115. The Morgan fingerprint density at radius 2 is 1.79 bits per heavy atom. The van der Waals surface area contributed by atoms with Gasteiger partial charge in [-0.3, -0.25) is 14.2 Å². The molecule has 7 nitrogen and oxygen atoms in total. The van der Waals surface area contributed by atoms with E-state index < -0.39 is 6.04 Å². The number of rotatable bonds is 12. The van der Waals surface area contributed by atoms with Crippen LogP contribution in [0.15, 0.2) is 53.3 Å². The Kier molecular flexibility index (Phi) is 9.30. The molecular weight excluding hydrogens is 437 g/mol. The van der Waals surface area contributed by atoms with Crippen LogP contribution in [0.5, 0.6) is 0 Å². The van der Waals surface area contributed by atoms with Gasteiger partial charge >= 0.3 is 0 Å². The lowest BCUT2D eigenvalue weighted by molar-refractivity contribution is -0.133. The number of carbonyl (C=O) groups excluding carboxylic acids is 1. The lowest BCUT2D eigenvalue weighted by Gasteiger charge is -2.32. The first kappa shape index (κ1) is 25.5. The molecule has 2 aromatic carbocycles. The quantitative estimate of drug-likeness (QED) is 0.378. The third-order valence-electron chi connectivity index (χ3n) is 5.81. The van der Waals surface area contributed by atoms with Crippen molar-refractivity contribution in [2.75, 3.05) is 34.0 Å². The maximum atomic E-state index is 13.5. The van der Waals surface area contributed by atoms with Gasteiger partial charge in [-0.25, -0.2) is 9.37 Å². The molecule has 182 valence electrons. The van der Waals surface area contributed by atoms with Gasteiger partial charge in [-0.15, -0.1) is 0 Å². The maximum Gasteiger partial charge on any atom is 0.261 e. The Balaban J connectivity index is 2.05. The number of benzene rings is 2. The average Bonchev–Trinajstić information content (AvgIpc) is 2.84. The van der Waals surface area contributed by atoms with Gasteiger partial charge in [0, 0.05) is 27.4 Å². The van der Waals surface area contributed by atoms with Crippen LogP contribution in [-0.2, 0) is 27.2 Å². The fourth-order valence-electron chi connectivity index (χ4n) is 4.09. The summed E-state index contributed by atoms with van der Waals surface area (Å²) in [6.07, 6.45) is 1.33. The first-order valence-corrected chi connectivity index (χ1v) is 11.5. The number of nitrogens with zero attached hydrogens (tertiary/aromatic N) is 3. The summed E-state index contributed by atoms with van der Waals surface area (Å²) >= 11 is 0. The maximum absolute atomic E-state index is 13.5. The van der Waals surface area contributed by atoms with E-state index in [1.54, 1.807) is 41.9 Å². The lowest BCUT2D eigenvalue weighted by atomic mass is 10.1. The highest BCUT2D eigenvalue weighted by Gasteiger charge is 2.28. The van der Waals surface area contributed by atoms with E-state index in [1.165, 1.54) is 12.1 Å². The zero-order valence-electron chi connectivity index (χ0n) is 20.0. The van der Waals surface area contributed by atoms with E-state index in [1.807, 2.05) is 25.1 Å². The number of fused-ring (bicyclic) bond motifs is 1. The van der Waals surface area contributed by atoms with Gasteiger partial charge in [0.15, 0.2) is 0 Å². The van der Waals surface area contributed by atoms with Crippen LogP contribution in [0.3, 0.4) is 0 Å². The van der Waals surface area contributed by atoms with Crippen molar-refractivity contribution in [3.63, 3.8) is 0 Å². The molecule has 0 saturated carbocycles. The molecular formula is C26H32FN3O4. The van der Waals surface area contributed by atoms with Crippen molar-refractivity contribution >= 4 is 16.8 Å². The molecule has 0 bridgehead atoms. The van der Waals surface area contributed by atoms with E-state index in [-0.39, 0.29) is 23.7 Å². The van der Waals surface area contributed by atoms with Gasteiger partial charge < -0.3 is 14.4 Å². The average molecular weight is 470 g/mol. The van der Waals surface area contributed by atoms with E-state index in [0.29, 0.717) is 55.9 Å². The zero-order chi connectivity index (χ0) is 24.5. The van der Waals surface area contributed by atoms with Gasteiger partial charge in [0.2, 0.25) is 5.91 Å². The molecule has 0 saturated heterocycles. The molecule has 1 heterocycles. The van der Waals surface area contributed by atoms with Crippen molar-refractivity contribution in [2.24, 2.45) is 0 Å². The molecule has 8 heteroatoms. The molecule has 1 aromatic heterocycles. The highest BCUT2D eigenvalue weighted by molar-refractivity contribution is 5.80. The highest BCUT2D eigenvalue weighted by atomic mass is 19.1. The molecule has 3 aromatic rings. The largest absolute Gasteiger partial charge is 0.385 e. The molecule has 0 N–H and O–H groups in total. The van der Waals surface area contributed by atoms with Gasteiger partial charge in [-0.2, -0.15) is 0 Å². The molecule has 1 unspecified atom stereocenters. The second-order valence-electron chi connectivity index (χ2n) is 8.10. The summed E-state index contributed by atoms with van der Waals surface area (Å²) in [7, 11) is 3.20. The number of hydrogen-bond donors (Lipinski definition) is 0. The van der Waals surface area contributed by atoms with Gasteiger partial charge in [0.1, 0.15) is 11.6 Å². The third kappa shape index (κ3) is 6.07. The molecule has 34 heavy (non-hydrogen) atoms. The Morgan fingerprint density at radius 1 is 1.09 bits per heavy atom. The predicted molar refractivity (Wildman–Crippen MR) is 129 cm³/mol. The molecule has 1 atom stereocenters. The summed E-state index contributed by atoms with van der Waals surface area (Å²) in [6.45, 7) is 3.59. The summed E-state index contributed by atoms with van der Waals surface area (Å²) in [6, 6.07) is 12.7.